The van der Waals surface area contributed by atoms with Crippen LogP contribution in [0.4, 0.5) is 10.5 Å². The molecule has 0 fully saturated rings. The smallest absolute Gasteiger partial charge is 0.322 e. The molecular weight excluding hydrogens is 407 g/mol. The van der Waals surface area contributed by atoms with Gasteiger partial charge < -0.3 is 15.5 Å². The molecule has 0 saturated carbocycles. The van der Waals surface area contributed by atoms with Gasteiger partial charge in [0.2, 0.25) is 0 Å². The Morgan fingerprint density at radius 3 is 2.70 bits per heavy atom. The number of benzene rings is 1. The van der Waals surface area contributed by atoms with Gasteiger partial charge in [0, 0.05) is 18.5 Å². The Hall–Kier alpha value is -1.83. The zero-order chi connectivity index (χ0) is 19.8. The van der Waals surface area contributed by atoms with Gasteiger partial charge in [-0.15, -0.1) is 11.3 Å². The van der Waals surface area contributed by atoms with E-state index < -0.39 is 0 Å². The van der Waals surface area contributed by atoms with Gasteiger partial charge in [0.15, 0.2) is 0 Å². The fourth-order valence-corrected chi connectivity index (χ4v) is 3.43. The first-order valence-electron chi connectivity index (χ1n) is 8.68. The molecule has 0 atom stereocenters. The molecule has 3 amide bonds. The number of carbonyl (C=O) groups excluding carboxylic acids is 2. The van der Waals surface area contributed by atoms with Gasteiger partial charge in [-0.1, -0.05) is 43.1 Å². The highest BCUT2D eigenvalue weighted by Crippen LogP contribution is 2.29. The third-order valence-corrected chi connectivity index (χ3v) is 5.27. The Balaban J connectivity index is 2.06. The average Bonchev–Trinajstić information content (AvgIpc) is 3.12. The van der Waals surface area contributed by atoms with Crippen molar-refractivity contribution in [2.45, 2.75) is 33.2 Å². The van der Waals surface area contributed by atoms with Crippen LogP contribution in [0.1, 0.15) is 42.2 Å². The number of halogens is 2. The lowest BCUT2D eigenvalue weighted by Gasteiger charge is -2.22. The predicted molar refractivity (Wildman–Crippen MR) is 111 cm³/mol. The van der Waals surface area contributed by atoms with Crippen LogP contribution in [0.5, 0.6) is 0 Å². The van der Waals surface area contributed by atoms with Crippen LogP contribution in [-0.4, -0.2) is 34.9 Å². The number of amides is 3. The SMILES string of the molecule is CCCNC(=O)c1csc(CN(CCC)C(=O)Nc2cccc(Cl)c2Cl)n1. The van der Waals surface area contributed by atoms with Crippen molar-refractivity contribution in [2.75, 3.05) is 18.4 Å². The molecule has 2 rings (SSSR count). The van der Waals surface area contributed by atoms with Crippen LogP contribution in [0.25, 0.3) is 0 Å². The lowest BCUT2D eigenvalue weighted by molar-refractivity contribution is 0.0949. The Labute approximate surface area is 172 Å². The molecule has 1 heterocycles. The number of rotatable bonds is 8. The second kappa shape index (κ2) is 10.5. The number of carbonyl (C=O) groups is 2. The third kappa shape index (κ3) is 6.09. The number of aromatic nitrogens is 1. The fourth-order valence-electron chi connectivity index (χ4n) is 2.30. The van der Waals surface area contributed by atoms with Crippen molar-refractivity contribution in [1.29, 1.82) is 0 Å². The van der Waals surface area contributed by atoms with Gasteiger partial charge in [0.05, 0.1) is 22.3 Å². The second-order valence-electron chi connectivity index (χ2n) is 5.84. The highest BCUT2D eigenvalue weighted by Gasteiger charge is 2.18. The quantitative estimate of drug-likeness (QED) is 0.618. The molecule has 146 valence electrons. The minimum Gasteiger partial charge on any atom is -0.351 e. The number of anilines is 1. The number of nitrogens with zero attached hydrogens (tertiary/aromatic N) is 2. The van der Waals surface area contributed by atoms with Crippen LogP contribution in [0.2, 0.25) is 10.0 Å². The van der Waals surface area contributed by atoms with E-state index in [1.54, 1.807) is 28.5 Å². The molecule has 0 radical (unpaired) electrons. The van der Waals surface area contributed by atoms with Gasteiger partial charge in [-0.25, -0.2) is 9.78 Å². The van der Waals surface area contributed by atoms with E-state index in [2.05, 4.69) is 15.6 Å². The molecule has 27 heavy (non-hydrogen) atoms. The van der Waals surface area contributed by atoms with E-state index in [1.165, 1.54) is 11.3 Å². The van der Waals surface area contributed by atoms with Crippen LogP contribution in [0, 0.1) is 0 Å². The molecule has 0 spiro atoms. The first kappa shape index (κ1) is 21.5. The molecule has 2 N–H and O–H groups in total. The molecule has 0 unspecified atom stereocenters. The summed E-state index contributed by atoms with van der Waals surface area (Å²) in [5.74, 6) is -0.198. The molecular formula is C18H22Cl2N4O2S. The Bertz CT molecular complexity index is 797. The molecule has 0 aliphatic carbocycles. The summed E-state index contributed by atoms with van der Waals surface area (Å²) in [6, 6.07) is 4.77. The van der Waals surface area contributed by atoms with Crippen molar-refractivity contribution in [3.8, 4) is 0 Å². The minimum absolute atomic E-state index is 0.198. The number of nitrogens with one attached hydrogen (secondary N) is 2. The summed E-state index contributed by atoms with van der Waals surface area (Å²) >= 11 is 13.5. The van der Waals surface area contributed by atoms with Gasteiger partial charge in [-0.05, 0) is 25.0 Å². The first-order chi connectivity index (χ1) is 13.0. The Kier molecular flexibility index (Phi) is 8.34. The molecule has 0 aliphatic rings. The van der Waals surface area contributed by atoms with Crippen LogP contribution in [-0.2, 0) is 6.54 Å². The lowest BCUT2D eigenvalue weighted by Crippen LogP contribution is -2.35. The maximum absolute atomic E-state index is 12.7. The normalized spacial score (nSPS) is 10.5. The minimum atomic E-state index is -0.298. The van der Waals surface area contributed by atoms with E-state index in [0.29, 0.717) is 46.1 Å². The summed E-state index contributed by atoms with van der Waals surface area (Å²) in [4.78, 5) is 30.6. The zero-order valence-electron chi connectivity index (χ0n) is 15.2. The van der Waals surface area contributed by atoms with Crippen LogP contribution in [0.3, 0.4) is 0 Å². The molecule has 0 aliphatic heterocycles. The summed E-state index contributed by atoms with van der Waals surface area (Å²) in [5.41, 5.74) is 0.826. The van der Waals surface area contributed by atoms with E-state index in [9.17, 15) is 9.59 Å². The van der Waals surface area contributed by atoms with Crippen LogP contribution >= 0.6 is 34.5 Å². The van der Waals surface area contributed by atoms with E-state index in [1.807, 2.05) is 13.8 Å². The summed E-state index contributed by atoms with van der Waals surface area (Å²) in [6.07, 6.45) is 1.64. The van der Waals surface area contributed by atoms with E-state index >= 15 is 0 Å². The van der Waals surface area contributed by atoms with Crippen LogP contribution < -0.4 is 10.6 Å². The van der Waals surface area contributed by atoms with Crippen molar-refractivity contribution >= 4 is 52.2 Å². The molecule has 1 aromatic carbocycles. The summed E-state index contributed by atoms with van der Waals surface area (Å²) in [6.45, 7) is 5.43. The zero-order valence-corrected chi connectivity index (χ0v) is 17.5. The van der Waals surface area contributed by atoms with Gasteiger partial charge in [-0.2, -0.15) is 0 Å². The Morgan fingerprint density at radius 2 is 2.00 bits per heavy atom. The van der Waals surface area contributed by atoms with E-state index in [0.717, 1.165) is 12.8 Å². The molecule has 2 aromatic rings. The summed E-state index contributed by atoms with van der Waals surface area (Å²) in [7, 11) is 0. The number of hydrogen-bond donors (Lipinski definition) is 2. The van der Waals surface area contributed by atoms with Crippen molar-refractivity contribution in [3.05, 3.63) is 44.3 Å². The number of thiazole rings is 1. The molecule has 0 bridgehead atoms. The van der Waals surface area contributed by atoms with Gasteiger partial charge in [0.1, 0.15) is 10.7 Å². The maximum Gasteiger partial charge on any atom is 0.322 e. The van der Waals surface area contributed by atoms with Crippen molar-refractivity contribution in [1.82, 2.24) is 15.2 Å². The number of hydrogen-bond acceptors (Lipinski definition) is 4. The molecule has 0 saturated heterocycles. The standard InChI is InChI=1S/C18H22Cl2N4O2S/c1-3-8-21-17(25)14-11-27-15(22-14)10-24(9-4-2)18(26)23-13-7-5-6-12(19)16(13)20/h5-7,11H,3-4,8-10H2,1-2H3,(H,21,25)(H,23,26). The number of urea groups is 1. The third-order valence-electron chi connectivity index (χ3n) is 3.62. The first-order valence-corrected chi connectivity index (χ1v) is 10.3. The fraction of sp³-hybridized carbons (Fsp3) is 0.389. The van der Waals surface area contributed by atoms with Crippen molar-refractivity contribution in [2.24, 2.45) is 0 Å². The summed E-state index contributed by atoms with van der Waals surface area (Å²) < 4.78 is 0. The monoisotopic (exact) mass is 428 g/mol. The van der Waals surface area contributed by atoms with Crippen LogP contribution in [0.15, 0.2) is 23.6 Å². The Morgan fingerprint density at radius 1 is 1.22 bits per heavy atom. The highest BCUT2D eigenvalue weighted by molar-refractivity contribution is 7.09. The van der Waals surface area contributed by atoms with Crippen molar-refractivity contribution < 1.29 is 9.59 Å². The molecule has 1 aromatic heterocycles. The molecule has 6 nitrogen and oxygen atoms in total. The maximum atomic E-state index is 12.7. The highest BCUT2D eigenvalue weighted by atomic mass is 35.5. The van der Waals surface area contributed by atoms with E-state index in [-0.39, 0.29) is 11.9 Å². The van der Waals surface area contributed by atoms with Crippen molar-refractivity contribution in [3.63, 3.8) is 0 Å². The van der Waals surface area contributed by atoms with Gasteiger partial charge in [-0.3, -0.25) is 4.79 Å². The van der Waals surface area contributed by atoms with E-state index in [4.69, 9.17) is 23.2 Å². The second-order valence-corrected chi connectivity index (χ2v) is 7.56. The van der Waals surface area contributed by atoms with Gasteiger partial charge in [0.25, 0.3) is 5.91 Å². The summed E-state index contributed by atoms with van der Waals surface area (Å²) in [5, 5.41) is 8.64. The predicted octanol–water partition coefficient (Wildman–Crippen LogP) is 5.03. The topological polar surface area (TPSA) is 74.3 Å². The average molecular weight is 429 g/mol. The van der Waals surface area contributed by atoms with Gasteiger partial charge >= 0.3 is 6.03 Å². The lowest BCUT2D eigenvalue weighted by atomic mass is 10.3. The largest absolute Gasteiger partial charge is 0.351 e. The molecule has 9 heteroatoms.